The largest absolute Gasteiger partial charge is 0.353 e. The molecule has 0 radical (unpaired) electrons. The van der Waals surface area contributed by atoms with E-state index in [1.165, 1.54) is 12.8 Å². The van der Waals surface area contributed by atoms with Crippen molar-refractivity contribution in [2.24, 2.45) is 5.73 Å². The number of nitrogens with zero attached hydrogens (tertiary/aromatic N) is 1. The van der Waals surface area contributed by atoms with Gasteiger partial charge in [-0.2, -0.15) is 0 Å². The van der Waals surface area contributed by atoms with Gasteiger partial charge in [0.05, 0.1) is 6.04 Å². The van der Waals surface area contributed by atoms with Crippen LogP contribution in [0.2, 0.25) is 0 Å². The molecule has 1 aliphatic rings. The second kappa shape index (κ2) is 6.08. The molecule has 0 aromatic carbocycles. The minimum Gasteiger partial charge on any atom is -0.353 e. The fraction of sp³-hybridized carbons (Fsp3) is 0.909. The summed E-state index contributed by atoms with van der Waals surface area (Å²) < 4.78 is 0. The Hall–Kier alpha value is -0.610. The number of carbonyl (C=O) groups is 1. The Morgan fingerprint density at radius 2 is 2.07 bits per heavy atom. The molecule has 1 saturated heterocycles. The normalized spacial score (nSPS) is 21.3. The number of rotatable bonds is 5. The number of amides is 1. The minimum atomic E-state index is -0.351. The highest BCUT2D eigenvalue weighted by atomic mass is 16.2. The molecule has 3 N–H and O–H groups in total. The van der Waals surface area contributed by atoms with Crippen molar-refractivity contribution < 1.29 is 4.79 Å². The van der Waals surface area contributed by atoms with Gasteiger partial charge in [0.1, 0.15) is 0 Å². The molecule has 0 saturated carbocycles. The van der Waals surface area contributed by atoms with E-state index in [9.17, 15) is 4.79 Å². The predicted octanol–water partition coefficient (Wildman–Crippen LogP) is 0.324. The second-order valence-electron chi connectivity index (χ2n) is 4.35. The zero-order valence-corrected chi connectivity index (χ0v) is 9.83. The number of hydrogen-bond donors (Lipinski definition) is 2. The van der Waals surface area contributed by atoms with Gasteiger partial charge in [-0.3, -0.25) is 9.69 Å². The van der Waals surface area contributed by atoms with E-state index in [1.807, 2.05) is 6.92 Å². The van der Waals surface area contributed by atoms with E-state index in [1.54, 1.807) is 0 Å². The Kier molecular flexibility index (Phi) is 5.05. The first-order valence-corrected chi connectivity index (χ1v) is 5.92. The molecule has 15 heavy (non-hydrogen) atoms. The molecule has 0 aromatic heterocycles. The van der Waals surface area contributed by atoms with E-state index >= 15 is 0 Å². The van der Waals surface area contributed by atoms with Crippen LogP contribution in [0, 0.1) is 0 Å². The Labute approximate surface area is 92.2 Å². The average molecular weight is 213 g/mol. The van der Waals surface area contributed by atoms with Gasteiger partial charge in [0.25, 0.3) is 0 Å². The standard InChI is InChI=1S/C11H23N3O/c1-3-10(12)11(15)13-8-9(2)14-6-4-5-7-14/h9-10H,3-8,12H2,1-2H3,(H,13,15)/t9?,10-/m0/s1. The van der Waals surface area contributed by atoms with Crippen molar-refractivity contribution in [1.29, 1.82) is 0 Å². The van der Waals surface area contributed by atoms with Crippen LogP contribution in [0.4, 0.5) is 0 Å². The smallest absolute Gasteiger partial charge is 0.236 e. The van der Waals surface area contributed by atoms with Gasteiger partial charge in [-0.15, -0.1) is 0 Å². The molecule has 88 valence electrons. The monoisotopic (exact) mass is 213 g/mol. The maximum absolute atomic E-state index is 11.4. The van der Waals surface area contributed by atoms with E-state index in [-0.39, 0.29) is 11.9 Å². The lowest BCUT2D eigenvalue weighted by Gasteiger charge is -2.24. The first-order valence-electron chi connectivity index (χ1n) is 5.92. The highest BCUT2D eigenvalue weighted by Gasteiger charge is 2.19. The molecule has 1 heterocycles. The molecule has 0 spiro atoms. The Morgan fingerprint density at radius 1 is 1.47 bits per heavy atom. The third-order valence-electron chi connectivity index (χ3n) is 3.11. The summed E-state index contributed by atoms with van der Waals surface area (Å²) in [4.78, 5) is 13.9. The van der Waals surface area contributed by atoms with Crippen LogP contribution >= 0.6 is 0 Å². The fourth-order valence-corrected chi connectivity index (χ4v) is 1.88. The first-order chi connectivity index (χ1) is 7.15. The number of likely N-dealkylation sites (tertiary alicyclic amines) is 1. The highest BCUT2D eigenvalue weighted by Crippen LogP contribution is 2.10. The minimum absolute atomic E-state index is 0.0245. The quantitative estimate of drug-likeness (QED) is 0.691. The number of carbonyl (C=O) groups excluding carboxylic acids is 1. The van der Waals surface area contributed by atoms with Crippen molar-refractivity contribution >= 4 is 5.91 Å². The summed E-state index contributed by atoms with van der Waals surface area (Å²) in [6.07, 6.45) is 3.27. The van der Waals surface area contributed by atoms with Gasteiger partial charge in [-0.05, 0) is 39.3 Å². The van der Waals surface area contributed by atoms with Crippen molar-refractivity contribution in [2.75, 3.05) is 19.6 Å². The Morgan fingerprint density at radius 3 is 2.60 bits per heavy atom. The molecule has 0 bridgehead atoms. The number of nitrogens with two attached hydrogens (primary N) is 1. The number of nitrogens with one attached hydrogen (secondary N) is 1. The SMILES string of the molecule is CC[C@H](N)C(=O)NCC(C)N1CCCC1. The Bertz CT molecular complexity index is 202. The predicted molar refractivity (Wildman–Crippen MR) is 61.5 cm³/mol. The van der Waals surface area contributed by atoms with Crippen LogP contribution in [0.3, 0.4) is 0 Å². The van der Waals surface area contributed by atoms with Crippen molar-refractivity contribution in [2.45, 2.75) is 45.2 Å². The van der Waals surface area contributed by atoms with Crippen LogP contribution in [0.5, 0.6) is 0 Å². The third kappa shape index (κ3) is 3.80. The van der Waals surface area contributed by atoms with Crippen molar-refractivity contribution in [1.82, 2.24) is 10.2 Å². The van der Waals surface area contributed by atoms with Gasteiger partial charge in [0.15, 0.2) is 0 Å². The van der Waals surface area contributed by atoms with Crippen LogP contribution in [0.25, 0.3) is 0 Å². The molecule has 1 amide bonds. The van der Waals surface area contributed by atoms with Crippen LogP contribution in [0.1, 0.15) is 33.1 Å². The maximum Gasteiger partial charge on any atom is 0.236 e. The van der Waals surface area contributed by atoms with Gasteiger partial charge in [-0.1, -0.05) is 6.92 Å². The summed E-state index contributed by atoms with van der Waals surface area (Å²) in [5.74, 6) is -0.0245. The highest BCUT2D eigenvalue weighted by molar-refractivity contribution is 5.81. The molecule has 1 rings (SSSR count). The van der Waals surface area contributed by atoms with Crippen LogP contribution in [-0.2, 0) is 4.79 Å². The third-order valence-corrected chi connectivity index (χ3v) is 3.11. The topological polar surface area (TPSA) is 58.4 Å². The summed E-state index contributed by atoms with van der Waals surface area (Å²) in [7, 11) is 0. The van der Waals surface area contributed by atoms with Crippen molar-refractivity contribution in [3.05, 3.63) is 0 Å². The van der Waals surface area contributed by atoms with E-state index in [0.717, 1.165) is 13.1 Å². The van der Waals surface area contributed by atoms with E-state index in [4.69, 9.17) is 5.73 Å². The van der Waals surface area contributed by atoms with E-state index < -0.39 is 0 Å². The van der Waals surface area contributed by atoms with Crippen molar-refractivity contribution in [3.63, 3.8) is 0 Å². The molecular formula is C11H23N3O. The molecular weight excluding hydrogens is 190 g/mol. The molecule has 0 aromatic rings. The molecule has 1 unspecified atom stereocenters. The summed E-state index contributed by atoms with van der Waals surface area (Å²) in [6.45, 7) is 7.12. The average Bonchev–Trinajstić information content (AvgIpc) is 2.77. The van der Waals surface area contributed by atoms with Crippen LogP contribution in [0.15, 0.2) is 0 Å². The summed E-state index contributed by atoms with van der Waals surface area (Å²) >= 11 is 0. The zero-order valence-electron chi connectivity index (χ0n) is 9.83. The lowest BCUT2D eigenvalue weighted by Crippen LogP contribution is -2.46. The van der Waals surface area contributed by atoms with Crippen molar-refractivity contribution in [3.8, 4) is 0 Å². The number of hydrogen-bond acceptors (Lipinski definition) is 3. The molecule has 1 aliphatic heterocycles. The summed E-state index contributed by atoms with van der Waals surface area (Å²) in [5, 5.41) is 2.90. The maximum atomic E-state index is 11.4. The van der Waals surface area contributed by atoms with Gasteiger partial charge in [0, 0.05) is 12.6 Å². The van der Waals surface area contributed by atoms with Gasteiger partial charge in [-0.25, -0.2) is 0 Å². The second-order valence-corrected chi connectivity index (χ2v) is 4.35. The fourth-order valence-electron chi connectivity index (χ4n) is 1.88. The Balaban J connectivity index is 2.20. The van der Waals surface area contributed by atoms with Crippen LogP contribution in [-0.4, -0.2) is 42.5 Å². The van der Waals surface area contributed by atoms with E-state index in [0.29, 0.717) is 19.0 Å². The molecule has 2 atom stereocenters. The first kappa shape index (κ1) is 12.5. The van der Waals surface area contributed by atoms with Gasteiger partial charge >= 0.3 is 0 Å². The molecule has 4 heteroatoms. The molecule has 0 aliphatic carbocycles. The molecule has 1 fully saturated rings. The van der Waals surface area contributed by atoms with E-state index in [2.05, 4.69) is 17.1 Å². The molecule has 4 nitrogen and oxygen atoms in total. The van der Waals surface area contributed by atoms with Gasteiger partial charge < -0.3 is 11.1 Å². The zero-order chi connectivity index (χ0) is 11.3. The lowest BCUT2D eigenvalue weighted by molar-refractivity contribution is -0.122. The summed E-state index contributed by atoms with van der Waals surface area (Å²) in [5.41, 5.74) is 5.63. The van der Waals surface area contributed by atoms with Crippen LogP contribution < -0.4 is 11.1 Å². The summed E-state index contributed by atoms with van der Waals surface area (Å²) in [6, 6.07) is 0.0799. The lowest BCUT2D eigenvalue weighted by atomic mass is 10.2. The van der Waals surface area contributed by atoms with Gasteiger partial charge in [0.2, 0.25) is 5.91 Å².